The summed E-state index contributed by atoms with van der Waals surface area (Å²) in [7, 11) is -2.06. The first-order chi connectivity index (χ1) is 26.4. The molecule has 0 radical (unpaired) electrons. The van der Waals surface area contributed by atoms with Crippen molar-refractivity contribution < 1.29 is 18.9 Å². The van der Waals surface area contributed by atoms with Gasteiger partial charge in [0.2, 0.25) is 11.6 Å². The van der Waals surface area contributed by atoms with E-state index < -0.39 is 27.4 Å². The molecule has 5 aromatic rings. The van der Waals surface area contributed by atoms with Crippen molar-refractivity contribution in [1.82, 2.24) is 0 Å². The van der Waals surface area contributed by atoms with Crippen LogP contribution in [0.15, 0.2) is 109 Å². The van der Waals surface area contributed by atoms with Gasteiger partial charge in [-0.05, 0) is 116 Å². The summed E-state index contributed by atoms with van der Waals surface area (Å²) in [4.78, 5) is 0. The third-order valence-corrected chi connectivity index (χ3v) is 15.7. The maximum atomic E-state index is 7.03. The highest BCUT2D eigenvalue weighted by atomic mass is 31.1. The number of aryl methyl sites for hydroxylation is 8. The van der Waals surface area contributed by atoms with E-state index in [-0.39, 0.29) is 11.6 Å². The van der Waals surface area contributed by atoms with E-state index in [2.05, 4.69) is 152 Å². The fraction of sp³-hybridized carbons (Fsp3) is 0.320. The number of benzene rings is 5. The molecule has 0 saturated heterocycles. The Kier molecular flexibility index (Phi) is 9.79. The van der Waals surface area contributed by atoms with E-state index in [1.54, 1.807) is 0 Å². The zero-order chi connectivity index (χ0) is 39.8. The monoisotopic (exact) mass is 780 g/mol. The third-order valence-electron chi connectivity index (χ3n) is 10.6. The molecule has 6 heteroatoms. The molecular formula is C50H54O4P2. The first-order valence-corrected chi connectivity index (χ1v) is 22.5. The number of fused-ring (bicyclic) bond motifs is 1. The van der Waals surface area contributed by atoms with E-state index in [1.807, 2.05) is 27.7 Å². The molecule has 2 unspecified atom stereocenters. The molecule has 0 aromatic heterocycles. The van der Waals surface area contributed by atoms with Crippen LogP contribution in [-0.4, -0.2) is 17.2 Å². The van der Waals surface area contributed by atoms with Crippen molar-refractivity contribution in [2.45, 2.75) is 106 Å². The second-order valence-corrected chi connectivity index (χ2v) is 21.7. The van der Waals surface area contributed by atoms with E-state index >= 15 is 0 Å². The lowest BCUT2D eigenvalue weighted by Crippen LogP contribution is -2.35. The molecule has 5 aromatic carbocycles. The maximum Gasteiger partial charge on any atom is 0.246 e. The second-order valence-electron chi connectivity index (χ2n) is 17.2. The van der Waals surface area contributed by atoms with Crippen molar-refractivity contribution in [3.05, 3.63) is 159 Å². The highest BCUT2D eigenvalue weighted by Gasteiger charge is 2.49. The van der Waals surface area contributed by atoms with E-state index in [0.29, 0.717) is 0 Å². The van der Waals surface area contributed by atoms with Crippen molar-refractivity contribution in [2.24, 2.45) is 0 Å². The molecule has 8 rings (SSSR count). The normalized spacial score (nSPS) is 19.0. The van der Waals surface area contributed by atoms with Gasteiger partial charge in [0.05, 0.1) is 5.92 Å². The third kappa shape index (κ3) is 7.44. The predicted octanol–water partition coefficient (Wildman–Crippen LogP) is 10.6. The molecule has 0 saturated carbocycles. The standard InChI is InChI=1S/C50H54O4P2/c1-29-17-30(2)22-37(21-29)55(38-23-31(3)18-32(4)24-38)43-15-13-41-47(53-49(9,10)51-41)45(43)46-44(16-14-42-48(46)54-50(11,12)52-42)56(39-25-33(5)19-34(6)26-39)40-27-35(7)20-36(8)28-40/h13-28,43,45H,1-12H3. The quantitative estimate of drug-likeness (QED) is 0.154. The van der Waals surface area contributed by atoms with Gasteiger partial charge in [-0.1, -0.05) is 123 Å². The van der Waals surface area contributed by atoms with Gasteiger partial charge in [-0.2, -0.15) is 0 Å². The Bertz CT molecular complexity index is 2270. The Hall–Kier alpha value is -4.36. The Morgan fingerprint density at radius 2 is 0.911 bits per heavy atom. The Labute approximate surface area is 336 Å². The van der Waals surface area contributed by atoms with Crippen LogP contribution in [0, 0.1) is 55.4 Å². The van der Waals surface area contributed by atoms with Crippen LogP contribution >= 0.6 is 15.8 Å². The molecule has 2 atom stereocenters. The fourth-order valence-corrected chi connectivity index (χ4v) is 15.1. The minimum Gasteiger partial charge on any atom is -0.453 e. The van der Waals surface area contributed by atoms with Crippen LogP contribution in [0.4, 0.5) is 0 Å². The number of hydrogen-bond acceptors (Lipinski definition) is 4. The summed E-state index contributed by atoms with van der Waals surface area (Å²) in [5.74, 6) is 1.31. The lowest BCUT2D eigenvalue weighted by atomic mass is 9.88. The molecule has 56 heavy (non-hydrogen) atoms. The molecule has 2 heterocycles. The van der Waals surface area contributed by atoms with Gasteiger partial charge in [-0.25, -0.2) is 0 Å². The molecule has 1 aliphatic carbocycles. The summed E-state index contributed by atoms with van der Waals surface area (Å²) in [5, 5.41) is 6.57. The molecule has 0 bridgehead atoms. The second kappa shape index (κ2) is 14.2. The predicted molar refractivity (Wildman–Crippen MR) is 236 cm³/mol. The Morgan fingerprint density at radius 1 is 0.482 bits per heavy atom. The van der Waals surface area contributed by atoms with Crippen molar-refractivity contribution >= 4 is 42.4 Å². The fourth-order valence-electron chi connectivity index (χ4n) is 9.01. The average molecular weight is 781 g/mol. The van der Waals surface area contributed by atoms with Crippen molar-refractivity contribution in [3.8, 4) is 11.5 Å². The van der Waals surface area contributed by atoms with Crippen molar-refractivity contribution in [2.75, 3.05) is 0 Å². The van der Waals surface area contributed by atoms with Gasteiger partial charge in [0.25, 0.3) is 0 Å². The number of ether oxygens (including phenoxy) is 4. The molecule has 0 spiro atoms. The summed E-state index contributed by atoms with van der Waals surface area (Å²) in [6.45, 7) is 25.7. The largest absolute Gasteiger partial charge is 0.453 e. The van der Waals surface area contributed by atoms with Gasteiger partial charge in [0.15, 0.2) is 23.0 Å². The molecule has 0 N–H and O–H groups in total. The van der Waals surface area contributed by atoms with Crippen molar-refractivity contribution in [3.63, 3.8) is 0 Å². The lowest BCUT2D eigenvalue weighted by Gasteiger charge is -2.38. The minimum absolute atomic E-state index is 0.00319. The molecule has 288 valence electrons. The Morgan fingerprint density at radius 3 is 1.38 bits per heavy atom. The molecule has 3 aliphatic rings. The van der Waals surface area contributed by atoms with E-state index in [0.717, 1.165) is 28.6 Å². The summed E-state index contributed by atoms with van der Waals surface area (Å²) in [6.07, 6.45) is 4.59. The highest BCUT2D eigenvalue weighted by Crippen LogP contribution is 2.59. The van der Waals surface area contributed by atoms with Crippen LogP contribution in [0.25, 0.3) is 0 Å². The summed E-state index contributed by atoms with van der Waals surface area (Å²) in [6, 6.07) is 32.7. The number of allylic oxidation sites excluding steroid dienone is 3. The van der Waals surface area contributed by atoms with E-state index in [9.17, 15) is 0 Å². The maximum absolute atomic E-state index is 7.03. The van der Waals surface area contributed by atoms with Crippen LogP contribution in [0.1, 0.15) is 83.7 Å². The topological polar surface area (TPSA) is 36.9 Å². The van der Waals surface area contributed by atoms with Crippen LogP contribution < -0.4 is 36.0 Å². The van der Waals surface area contributed by atoms with Gasteiger partial charge in [-0.15, -0.1) is 0 Å². The van der Waals surface area contributed by atoms with E-state index in [1.165, 1.54) is 71.0 Å². The van der Waals surface area contributed by atoms with Gasteiger partial charge < -0.3 is 18.9 Å². The van der Waals surface area contributed by atoms with Gasteiger partial charge in [0, 0.05) is 38.9 Å². The van der Waals surface area contributed by atoms with Crippen LogP contribution in [0.5, 0.6) is 11.5 Å². The van der Waals surface area contributed by atoms with Gasteiger partial charge >= 0.3 is 0 Å². The number of hydrogen-bond donors (Lipinski definition) is 0. The highest BCUT2D eigenvalue weighted by molar-refractivity contribution is 7.80. The lowest BCUT2D eigenvalue weighted by molar-refractivity contribution is -0.122. The van der Waals surface area contributed by atoms with Crippen molar-refractivity contribution in [1.29, 1.82) is 0 Å². The zero-order valence-corrected chi connectivity index (χ0v) is 36.7. The SMILES string of the molecule is Cc1cc(C)cc(P(c2cc(C)cc(C)c2)c2ccc3c(c2C2C4=C(C=CC2P(c2cc(C)cc(C)c2)c2cc(C)cc(C)c2)OC(C)(C)O4)OC(C)(C)O3)c1. The molecule has 4 nitrogen and oxygen atoms in total. The minimum atomic E-state index is -1.07. The molecule has 0 fully saturated rings. The summed E-state index contributed by atoms with van der Waals surface area (Å²) in [5.41, 5.74) is 11.2. The summed E-state index contributed by atoms with van der Waals surface area (Å²) >= 11 is 0. The molecule has 2 aliphatic heterocycles. The first kappa shape index (κ1) is 38.5. The van der Waals surface area contributed by atoms with Gasteiger partial charge in [0.1, 0.15) is 0 Å². The first-order valence-electron chi connectivity index (χ1n) is 19.7. The number of rotatable bonds is 7. The van der Waals surface area contributed by atoms with Crippen LogP contribution in [0.2, 0.25) is 0 Å². The Balaban J connectivity index is 1.47. The van der Waals surface area contributed by atoms with Gasteiger partial charge in [-0.3, -0.25) is 0 Å². The molecular weight excluding hydrogens is 726 g/mol. The zero-order valence-electron chi connectivity index (χ0n) is 34.9. The summed E-state index contributed by atoms with van der Waals surface area (Å²) < 4.78 is 27.3. The van der Waals surface area contributed by atoms with E-state index in [4.69, 9.17) is 18.9 Å². The molecule has 0 amide bonds. The van der Waals surface area contributed by atoms with Crippen LogP contribution in [0.3, 0.4) is 0 Å². The smallest absolute Gasteiger partial charge is 0.246 e. The average Bonchev–Trinajstić information content (AvgIpc) is 3.56. The van der Waals surface area contributed by atoms with Crippen LogP contribution in [-0.2, 0) is 9.47 Å².